The third-order valence-corrected chi connectivity index (χ3v) is 6.41. The van der Waals surface area contributed by atoms with Crippen molar-refractivity contribution in [3.63, 3.8) is 0 Å². The topological polar surface area (TPSA) is 75.0 Å². The summed E-state index contributed by atoms with van der Waals surface area (Å²) in [7, 11) is 0. The number of hydrogen-bond acceptors (Lipinski definition) is 6. The Bertz CT molecular complexity index is 1870. The Morgan fingerprint density at radius 3 is 2.08 bits per heavy atom. The highest BCUT2D eigenvalue weighted by Crippen LogP contribution is 2.27. The van der Waals surface area contributed by atoms with Crippen LogP contribution in [-0.4, -0.2) is 12.6 Å². The first kappa shape index (κ1) is 24.2. The molecule has 5 aromatic carbocycles. The third-order valence-electron chi connectivity index (χ3n) is 6.41. The SMILES string of the molecule is O=C(CCCOc1ccc2ccccc2c1)Oc1ccc2c(=O)c(Oc3ccc4ccccc4c3)coc2c1. The van der Waals surface area contributed by atoms with Crippen LogP contribution in [0, 0.1) is 0 Å². The molecule has 1 heterocycles. The summed E-state index contributed by atoms with van der Waals surface area (Å²) in [6.45, 7) is 0.389. The van der Waals surface area contributed by atoms with Crippen molar-refractivity contribution in [1.29, 1.82) is 0 Å². The Labute approximate surface area is 224 Å². The lowest BCUT2D eigenvalue weighted by Gasteiger charge is -2.09. The van der Waals surface area contributed by atoms with Gasteiger partial charge in [0.15, 0.2) is 0 Å². The predicted octanol–water partition coefficient (Wildman–Crippen LogP) is 7.66. The van der Waals surface area contributed by atoms with E-state index in [1.807, 2.05) is 78.9 Å². The van der Waals surface area contributed by atoms with Crippen molar-refractivity contribution in [2.24, 2.45) is 0 Å². The summed E-state index contributed by atoms with van der Waals surface area (Å²) < 4.78 is 22.7. The van der Waals surface area contributed by atoms with Gasteiger partial charge in [0.2, 0.25) is 11.2 Å². The van der Waals surface area contributed by atoms with E-state index in [0.29, 0.717) is 35.5 Å². The minimum atomic E-state index is -0.393. The van der Waals surface area contributed by atoms with E-state index in [0.717, 1.165) is 27.3 Å². The Balaban J connectivity index is 1.06. The van der Waals surface area contributed by atoms with Crippen LogP contribution < -0.4 is 19.6 Å². The van der Waals surface area contributed by atoms with Gasteiger partial charge in [-0.1, -0.05) is 60.7 Å². The molecule has 0 aliphatic carbocycles. The van der Waals surface area contributed by atoms with Gasteiger partial charge < -0.3 is 18.6 Å². The van der Waals surface area contributed by atoms with Crippen LogP contribution in [-0.2, 0) is 4.79 Å². The quantitative estimate of drug-likeness (QED) is 0.117. The van der Waals surface area contributed by atoms with Crippen LogP contribution in [0.15, 0.2) is 119 Å². The highest BCUT2D eigenvalue weighted by Gasteiger charge is 2.12. The van der Waals surface area contributed by atoms with Crippen molar-refractivity contribution >= 4 is 38.5 Å². The van der Waals surface area contributed by atoms with Crippen LogP contribution in [0.25, 0.3) is 32.5 Å². The van der Waals surface area contributed by atoms with Gasteiger partial charge in [-0.25, -0.2) is 0 Å². The van der Waals surface area contributed by atoms with Gasteiger partial charge in [0.25, 0.3) is 0 Å². The average Bonchev–Trinajstić information content (AvgIpc) is 2.96. The van der Waals surface area contributed by atoms with Crippen molar-refractivity contribution in [2.75, 3.05) is 6.61 Å². The number of carbonyl (C=O) groups excluding carboxylic acids is 1. The summed E-state index contributed by atoms with van der Waals surface area (Å²) in [6, 6.07) is 32.1. The zero-order valence-corrected chi connectivity index (χ0v) is 21.0. The van der Waals surface area contributed by atoms with Crippen molar-refractivity contribution in [2.45, 2.75) is 12.8 Å². The van der Waals surface area contributed by atoms with Crippen molar-refractivity contribution in [1.82, 2.24) is 0 Å². The maximum Gasteiger partial charge on any atom is 0.311 e. The molecular weight excluding hydrogens is 492 g/mol. The molecule has 0 spiro atoms. The number of ether oxygens (including phenoxy) is 3. The van der Waals surface area contributed by atoms with Crippen molar-refractivity contribution in [3.05, 3.63) is 120 Å². The number of carbonyl (C=O) groups is 1. The minimum absolute atomic E-state index is 0.0777. The summed E-state index contributed by atoms with van der Waals surface area (Å²) in [4.78, 5) is 25.3. The first-order valence-electron chi connectivity index (χ1n) is 12.7. The van der Waals surface area contributed by atoms with E-state index in [1.165, 1.54) is 12.3 Å². The molecule has 39 heavy (non-hydrogen) atoms. The lowest BCUT2D eigenvalue weighted by atomic mass is 10.1. The maximum absolute atomic E-state index is 13.0. The smallest absolute Gasteiger partial charge is 0.311 e. The molecule has 6 nitrogen and oxygen atoms in total. The fourth-order valence-electron chi connectivity index (χ4n) is 4.43. The molecular formula is C33H24O6. The predicted molar refractivity (Wildman–Crippen MR) is 151 cm³/mol. The molecule has 0 saturated carbocycles. The molecule has 0 aliphatic heterocycles. The number of benzene rings is 5. The first-order valence-corrected chi connectivity index (χ1v) is 12.7. The van der Waals surface area contributed by atoms with Gasteiger partial charge in [-0.3, -0.25) is 9.59 Å². The van der Waals surface area contributed by atoms with Crippen LogP contribution in [0.1, 0.15) is 12.8 Å². The first-order chi connectivity index (χ1) is 19.1. The zero-order chi connectivity index (χ0) is 26.6. The van der Waals surface area contributed by atoms with Crippen LogP contribution in [0.4, 0.5) is 0 Å². The van der Waals surface area contributed by atoms with Crippen LogP contribution in [0.2, 0.25) is 0 Å². The molecule has 0 bridgehead atoms. The van der Waals surface area contributed by atoms with E-state index in [4.69, 9.17) is 18.6 Å². The van der Waals surface area contributed by atoms with Gasteiger partial charge in [0.1, 0.15) is 29.1 Å². The molecule has 0 aliphatic rings. The van der Waals surface area contributed by atoms with E-state index < -0.39 is 5.97 Å². The lowest BCUT2D eigenvalue weighted by molar-refractivity contribution is -0.134. The second-order valence-electron chi connectivity index (χ2n) is 9.13. The monoisotopic (exact) mass is 516 g/mol. The van der Waals surface area contributed by atoms with E-state index in [9.17, 15) is 9.59 Å². The number of esters is 1. The maximum atomic E-state index is 13.0. The van der Waals surface area contributed by atoms with Crippen molar-refractivity contribution < 1.29 is 23.4 Å². The van der Waals surface area contributed by atoms with Gasteiger partial charge >= 0.3 is 5.97 Å². The standard InChI is InChI=1S/C33H24O6/c34-32(10-5-17-36-26-13-11-22-6-1-3-8-24(22)18-26)39-28-15-16-29-30(20-28)37-21-31(33(29)35)38-27-14-12-23-7-2-4-9-25(23)19-27/h1-4,6-9,11-16,18-21H,5,10,17H2. The molecule has 0 fully saturated rings. The molecule has 0 amide bonds. The summed E-state index contributed by atoms with van der Waals surface area (Å²) in [6.07, 6.45) is 1.97. The molecule has 6 aromatic rings. The molecule has 0 N–H and O–H groups in total. The van der Waals surface area contributed by atoms with E-state index in [-0.39, 0.29) is 17.6 Å². The second kappa shape index (κ2) is 10.7. The lowest BCUT2D eigenvalue weighted by Crippen LogP contribution is -2.10. The highest BCUT2D eigenvalue weighted by molar-refractivity contribution is 5.85. The average molecular weight is 517 g/mol. The van der Waals surface area contributed by atoms with Crippen molar-refractivity contribution in [3.8, 4) is 23.0 Å². The molecule has 192 valence electrons. The van der Waals surface area contributed by atoms with Crippen LogP contribution in [0.5, 0.6) is 23.0 Å². The summed E-state index contributed by atoms with van der Waals surface area (Å²) >= 11 is 0. The Morgan fingerprint density at radius 2 is 1.33 bits per heavy atom. The second-order valence-corrected chi connectivity index (χ2v) is 9.13. The molecule has 6 rings (SSSR count). The van der Waals surface area contributed by atoms with Gasteiger partial charge in [0.05, 0.1) is 12.0 Å². The van der Waals surface area contributed by atoms with Crippen LogP contribution in [0.3, 0.4) is 0 Å². The number of fused-ring (bicyclic) bond motifs is 3. The normalized spacial score (nSPS) is 11.1. The summed E-state index contributed by atoms with van der Waals surface area (Å²) in [5.41, 5.74) is -0.0103. The molecule has 0 radical (unpaired) electrons. The highest BCUT2D eigenvalue weighted by atomic mass is 16.5. The summed E-state index contributed by atoms with van der Waals surface area (Å²) in [5, 5.41) is 4.66. The molecule has 0 saturated heterocycles. The van der Waals surface area contributed by atoms with Gasteiger partial charge in [-0.05, 0) is 64.4 Å². The van der Waals surface area contributed by atoms with E-state index >= 15 is 0 Å². The molecule has 1 aromatic heterocycles. The minimum Gasteiger partial charge on any atom is -0.494 e. The van der Waals surface area contributed by atoms with E-state index in [1.54, 1.807) is 18.2 Å². The largest absolute Gasteiger partial charge is 0.494 e. The Hall–Kier alpha value is -5.10. The summed E-state index contributed by atoms with van der Waals surface area (Å²) in [5.74, 6) is 1.28. The molecule has 0 atom stereocenters. The third kappa shape index (κ3) is 5.45. The molecule has 0 unspecified atom stereocenters. The van der Waals surface area contributed by atoms with Gasteiger partial charge in [0, 0.05) is 12.5 Å². The fourth-order valence-corrected chi connectivity index (χ4v) is 4.43. The van der Waals surface area contributed by atoms with Crippen LogP contribution >= 0.6 is 0 Å². The van der Waals surface area contributed by atoms with E-state index in [2.05, 4.69) is 0 Å². The Morgan fingerprint density at radius 1 is 0.692 bits per heavy atom. The zero-order valence-electron chi connectivity index (χ0n) is 21.0. The molecule has 6 heteroatoms. The van der Waals surface area contributed by atoms with Gasteiger partial charge in [-0.15, -0.1) is 0 Å². The fraction of sp³-hybridized carbons (Fsp3) is 0.0909. The van der Waals surface area contributed by atoms with Gasteiger partial charge in [-0.2, -0.15) is 0 Å². The Kier molecular flexibility index (Phi) is 6.66. The number of rotatable bonds is 8. The number of hydrogen-bond donors (Lipinski definition) is 0.